The molecule has 0 aliphatic carbocycles. The van der Waals surface area contributed by atoms with Gasteiger partial charge in [-0.15, -0.1) is 0 Å². The van der Waals surface area contributed by atoms with Crippen molar-refractivity contribution in [2.45, 2.75) is 32.3 Å². The number of aliphatic carboxylic acids is 1. The minimum atomic E-state index is -0.915. The summed E-state index contributed by atoms with van der Waals surface area (Å²) in [6, 6.07) is 13.7. The second-order valence-electron chi connectivity index (χ2n) is 5.44. The van der Waals surface area contributed by atoms with Gasteiger partial charge in [-0.3, -0.25) is 0 Å². The van der Waals surface area contributed by atoms with E-state index in [4.69, 9.17) is 4.74 Å². The minimum Gasteiger partial charge on any atom is -0.479 e. The summed E-state index contributed by atoms with van der Waals surface area (Å²) in [4.78, 5) is 14.7. The number of aromatic nitrogens is 1. The Morgan fingerprint density at radius 2 is 1.95 bits per heavy atom. The van der Waals surface area contributed by atoms with E-state index in [1.165, 1.54) is 0 Å². The van der Waals surface area contributed by atoms with E-state index >= 15 is 0 Å². The predicted molar refractivity (Wildman–Crippen MR) is 87.4 cm³/mol. The van der Waals surface area contributed by atoms with E-state index in [1.807, 2.05) is 49.4 Å². The molecule has 1 aromatic heterocycles. The molecule has 4 nitrogen and oxygen atoms in total. The number of rotatable bonds is 6. The van der Waals surface area contributed by atoms with Crippen molar-refractivity contribution in [1.82, 2.24) is 4.98 Å². The van der Waals surface area contributed by atoms with Crippen molar-refractivity contribution in [3.05, 3.63) is 42.5 Å². The average Bonchev–Trinajstić information content (AvgIpc) is 2.90. The van der Waals surface area contributed by atoms with Gasteiger partial charge in [0.1, 0.15) is 5.75 Å². The molecule has 0 amide bonds. The molecule has 114 valence electrons. The molecule has 2 aromatic carbocycles. The van der Waals surface area contributed by atoms with Gasteiger partial charge in [0, 0.05) is 16.3 Å². The number of benzene rings is 2. The van der Waals surface area contributed by atoms with Gasteiger partial charge in [0.25, 0.3) is 0 Å². The van der Waals surface area contributed by atoms with Gasteiger partial charge in [0.05, 0.1) is 5.52 Å². The standard InChI is InChI=1S/C18H19NO3/c1-2-3-10-16(18(20)21)22-15-11-6-8-13-12-7-4-5-9-14(12)19-17(13)15/h4-9,11,16,19H,2-3,10H2,1H3,(H,20,21). The number of fused-ring (bicyclic) bond motifs is 3. The molecule has 1 heterocycles. The third-order valence-corrected chi connectivity index (χ3v) is 3.87. The zero-order valence-corrected chi connectivity index (χ0v) is 12.5. The molecule has 2 N–H and O–H groups in total. The molecule has 3 aromatic rings. The van der Waals surface area contributed by atoms with Crippen LogP contribution in [0.5, 0.6) is 5.75 Å². The summed E-state index contributed by atoms with van der Waals surface area (Å²) in [5.74, 6) is -0.321. The van der Waals surface area contributed by atoms with Gasteiger partial charge in [0.15, 0.2) is 6.10 Å². The van der Waals surface area contributed by atoms with Gasteiger partial charge in [0.2, 0.25) is 0 Å². The minimum absolute atomic E-state index is 0.516. The van der Waals surface area contributed by atoms with Crippen LogP contribution < -0.4 is 4.74 Å². The maximum atomic E-state index is 11.4. The Morgan fingerprint density at radius 1 is 1.18 bits per heavy atom. The van der Waals surface area contributed by atoms with Gasteiger partial charge in [-0.2, -0.15) is 0 Å². The number of para-hydroxylation sites is 2. The summed E-state index contributed by atoms with van der Waals surface area (Å²) in [6.07, 6.45) is 1.49. The van der Waals surface area contributed by atoms with Crippen LogP contribution in [0.15, 0.2) is 42.5 Å². The zero-order valence-electron chi connectivity index (χ0n) is 12.5. The third kappa shape index (κ3) is 2.64. The molecule has 4 heteroatoms. The summed E-state index contributed by atoms with van der Waals surface area (Å²) in [5.41, 5.74) is 1.88. The number of unbranched alkanes of at least 4 members (excludes halogenated alkanes) is 1. The van der Waals surface area contributed by atoms with Crippen LogP contribution in [-0.2, 0) is 4.79 Å². The van der Waals surface area contributed by atoms with E-state index in [9.17, 15) is 9.90 Å². The second-order valence-corrected chi connectivity index (χ2v) is 5.44. The molecule has 0 radical (unpaired) electrons. The molecule has 1 atom stereocenters. The number of carboxylic acid groups (broad SMARTS) is 1. The molecule has 0 bridgehead atoms. The molecule has 0 spiro atoms. The number of nitrogens with one attached hydrogen (secondary N) is 1. The van der Waals surface area contributed by atoms with E-state index in [1.54, 1.807) is 0 Å². The van der Waals surface area contributed by atoms with Crippen molar-refractivity contribution in [1.29, 1.82) is 0 Å². The molecule has 0 saturated heterocycles. The largest absolute Gasteiger partial charge is 0.479 e. The highest BCUT2D eigenvalue weighted by molar-refractivity contribution is 6.09. The molecule has 0 aliphatic heterocycles. The van der Waals surface area contributed by atoms with Crippen LogP contribution in [0.4, 0.5) is 0 Å². The van der Waals surface area contributed by atoms with Crippen LogP contribution in [0.2, 0.25) is 0 Å². The smallest absolute Gasteiger partial charge is 0.344 e. The Balaban J connectivity index is 2.01. The molecular formula is C18H19NO3. The first-order valence-corrected chi connectivity index (χ1v) is 7.59. The van der Waals surface area contributed by atoms with E-state index in [0.29, 0.717) is 12.2 Å². The Labute approximate surface area is 128 Å². The van der Waals surface area contributed by atoms with Gasteiger partial charge >= 0.3 is 5.97 Å². The first-order valence-electron chi connectivity index (χ1n) is 7.59. The Hall–Kier alpha value is -2.49. The Morgan fingerprint density at radius 3 is 2.73 bits per heavy atom. The first-order chi connectivity index (χ1) is 10.7. The summed E-state index contributed by atoms with van der Waals surface area (Å²) in [7, 11) is 0. The number of aromatic amines is 1. The topological polar surface area (TPSA) is 62.3 Å². The molecule has 1 unspecified atom stereocenters. The fraction of sp³-hybridized carbons (Fsp3) is 0.278. The molecule has 0 fully saturated rings. The highest BCUT2D eigenvalue weighted by Crippen LogP contribution is 2.32. The highest BCUT2D eigenvalue weighted by Gasteiger charge is 2.20. The lowest BCUT2D eigenvalue weighted by molar-refractivity contribution is -0.145. The summed E-state index contributed by atoms with van der Waals surface area (Å²) >= 11 is 0. The molecule has 0 aliphatic rings. The van der Waals surface area contributed by atoms with Crippen molar-refractivity contribution in [2.75, 3.05) is 0 Å². The fourth-order valence-electron chi connectivity index (χ4n) is 2.72. The normalized spacial score (nSPS) is 12.6. The van der Waals surface area contributed by atoms with Gasteiger partial charge < -0.3 is 14.8 Å². The van der Waals surface area contributed by atoms with E-state index in [0.717, 1.165) is 34.6 Å². The summed E-state index contributed by atoms with van der Waals surface area (Å²) < 4.78 is 5.79. The number of carboxylic acids is 1. The quantitative estimate of drug-likeness (QED) is 0.711. The maximum Gasteiger partial charge on any atom is 0.344 e. The van der Waals surface area contributed by atoms with Crippen molar-refractivity contribution < 1.29 is 14.6 Å². The van der Waals surface area contributed by atoms with Crippen LogP contribution in [-0.4, -0.2) is 22.2 Å². The van der Waals surface area contributed by atoms with Crippen molar-refractivity contribution in [3.8, 4) is 5.75 Å². The number of hydrogen-bond acceptors (Lipinski definition) is 2. The molecule has 22 heavy (non-hydrogen) atoms. The first kappa shape index (κ1) is 14.4. The lowest BCUT2D eigenvalue weighted by Crippen LogP contribution is -2.26. The number of hydrogen-bond donors (Lipinski definition) is 2. The third-order valence-electron chi connectivity index (χ3n) is 3.87. The maximum absolute atomic E-state index is 11.4. The van der Waals surface area contributed by atoms with Crippen molar-refractivity contribution in [2.24, 2.45) is 0 Å². The van der Waals surface area contributed by atoms with E-state index in [-0.39, 0.29) is 0 Å². The number of H-pyrrole nitrogens is 1. The fourth-order valence-corrected chi connectivity index (χ4v) is 2.72. The Bertz CT molecular complexity index is 806. The van der Waals surface area contributed by atoms with Crippen LogP contribution in [0.3, 0.4) is 0 Å². The lowest BCUT2D eigenvalue weighted by Gasteiger charge is -2.15. The SMILES string of the molecule is CCCCC(Oc1cccc2c1[nH]c1ccccc12)C(=O)O. The molecule has 0 saturated carbocycles. The van der Waals surface area contributed by atoms with Crippen LogP contribution in [0, 0.1) is 0 Å². The van der Waals surface area contributed by atoms with Crippen LogP contribution in [0.25, 0.3) is 21.8 Å². The average molecular weight is 297 g/mol. The second kappa shape index (κ2) is 6.10. The van der Waals surface area contributed by atoms with Gasteiger partial charge in [-0.25, -0.2) is 4.79 Å². The van der Waals surface area contributed by atoms with Gasteiger partial charge in [-0.1, -0.05) is 43.7 Å². The number of carbonyl (C=O) groups is 1. The van der Waals surface area contributed by atoms with E-state index < -0.39 is 12.1 Å². The van der Waals surface area contributed by atoms with Gasteiger partial charge in [-0.05, 0) is 25.0 Å². The highest BCUT2D eigenvalue weighted by atomic mass is 16.5. The van der Waals surface area contributed by atoms with Crippen LogP contribution in [0.1, 0.15) is 26.2 Å². The zero-order chi connectivity index (χ0) is 15.5. The van der Waals surface area contributed by atoms with Crippen molar-refractivity contribution >= 4 is 27.8 Å². The van der Waals surface area contributed by atoms with Crippen LogP contribution >= 0.6 is 0 Å². The summed E-state index contributed by atoms with van der Waals surface area (Å²) in [6.45, 7) is 2.04. The molecule has 3 rings (SSSR count). The lowest BCUT2D eigenvalue weighted by atomic mass is 10.1. The monoisotopic (exact) mass is 297 g/mol. The molecular weight excluding hydrogens is 278 g/mol. The number of ether oxygens (including phenoxy) is 1. The van der Waals surface area contributed by atoms with E-state index in [2.05, 4.69) is 4.98 Å². The summed E-state index contributed by atoms with van der Waals surface area (Å²) in [5, 5.41) is 11.5. The Kier molecular flexibility index (Phi) is 4.00. The predicted octanol–water partition coefficient (Wildman–Crippen LogP) is 4.34. The van der Waals surface area contributed by atoms with Crippen molar-refractivity contribution in [3.63, 3.8) is 0 Å².